The largest absolute Gasteiger partial charge is 0.497 e. The second-order valence-corrected chi connectivity index (χ2v) is 3.65. The molecule has 3 nitrogen and oxygen atoms in total. The molecule has 0 spiro atoms. The highest BCUT2D eigenvalue weighted by Gasteiger charge is 2.12. The van der Waals surface area contributed by atoms with E-state index in [0.29, 0.717) is 22.6 Å². The molecule has 0 amide bonds. The number of ketones is 1. The Morgan fingerprint density at radius 2 is 1.52 bits per heavy atom. The van der Waals surface area contributed by atoms with Gasteiger partial charge in [-0.25, -0.2) is 0 Å². The van der Waals surface area contributed by atoms with Crippen LogP contribution in [0.3, 0.4) is 0 Å². The summed E-state index contributed by atoms with van der Waals surface area (Å²) < 4.78 is 5.04. The van der Waals surface area contributed by atoms with E-state index < -0.39 is 0 Å². The SMILES string of the molecule is CC.CC.COc1ccc(C(=O)c2ccccc2)c(N)c1. The number of methoxy groups -OCH3 is 1. The number of ether oxygens (including phenoxy) is 1. The van der Waals surface area contributed by atoms with Gasteiger partial charge >= 0.3 is 0 Å². The first-order chi connectivity index (χ1) is 10.2. The quantitative estimate of drug-likeness (QED) is 0.665. The van der Waals surface area contributed by atoms with E-state index >= 15 is 0 Å². The molecule has 3 heteroatoms. The van der Waals surface area contributed by atoms with E-state index in [4.69, 9.17) is 10.5 Å². The van der Waals surface area contributed by atoms with Crippen LogP contribution >= 0.6 is 0 Å². The van der Waals surface area contributed by atoms with Gasteiger partial charge in [0.05, 0.1) is 7.11 Å². The number of carbonyl (C=O) groups excluding carboxylic acids is 1. The van der Waals surface area contributed by atoms with E-state index in [1.165, 1.54) is 0 Å². The number of hydrogen-bond donors (Lipinski definition) is 1. The van der Waals surface area contributed by atoms with E-state index in [0.717, 1.165) is 0 Å². The van der Waals surface area contributed by atoms with Crippen LogP contribution in [0.4, 0.5) is 5.69 Å². The van der Waals surface area contributed by atoms with Crippen molar-refractivity contribution in [3.63, 3.8) is 0 Å². The number of nitrogen functional groups attached to an aromatic ring is 1. The Hall–Kier alpha value is -2.29. The molecule has 0 heterocycles. The van der Waals surface area contributed by atoms with Crippen molar-refractivity contribution in [2.75, 3.05) is 12.8 Å². The summed E-state index contributed by atoms with van der Waals surface area (Å²) in [5, 5.41) is 0. The van der Waals surface area contributed by atoms with Crippen LogP contribution in [0.15, 0.2) is 48.5 Å². The fraction of sp³-hybridized carbons (Fsp3) is 0.278. The summed E-state index contributed by atoms with van der Waals surface area (Å²) in [5.41, 5.74) is 7.39. The molecule has 2 aromatic carbocycles. The molecule has 114 valence electrons. The minimum Gasteiger partial charge on any atom is -0.497 e. The number of hydrogen-bond acceptors (Lipinski definition) is 3. The molecule has 0 unspecified atom stereocenters. The van der Waals surface area contributed by atoms with Crippen molar-refractivity contribution >= 4 is 11.5 Å². The number of carbonyl (C=O) groups is 1. The molecule has 0 aliphatic carbocycles. The molecule has 0 fully saturated rings. The summed E-state index contributed by atoms with van der Waals surface area (Å²) in [6.07, 6.45) is 0. The summed E-state index contributed by atoms with van der Waals surface area (Å²) in [7, 11) is 1.56. The predicted molar refractivity (Wildman–Crippen MR) is 90.0 cm³/mol. The van der Waals surface area contributed by atoms with Gasteiger partial charge < -0.3 is 10.5 Å². The molecule has 0 saturated heterocycles. The minimum atomic E-state index is -0.0780. The van der Waals surface area contributed by atoms with Crippen LogP contribution in [0.25, 0.3) is 0 Å². The van der Waals surface area contributed by atoms with Gasteiger partial charge in [-0.1, -0.05) is 58.0 Å². The number of anilines is 1. The highest BCUT2D eigenvalue weighted by Crippen LogP contribution is 2.22. The summed E-state index contributed by atoms with van der Waals surface area (Å²) in [6.45, 7) is 8.00. The van der Waals surface area contributed by atoms with E-state index in [-0.39, 0.29) is 5.78 Å². The van der Waals surface area contributed by atoms with Gasteiger partial charge in [-0.2, -0.15) is 0 Å². The van der Waals surface area contributed by atoms with Gasteiger partial charge in [0.15, 0.2) is 5.78 Å². The van der Waals surface area contributed by atoms with E-state index in [1.807, 2.05) is 45.9 Å². The zero-order valence-corrected chi connectivity index (χ0v) is 13.5. The van der Waals surface area contributed by atoms with Crippen LogP contribution in [-0.2, 0) is 0 Å². The highest BCUT2D eigenvalue weighted by atomic mass is 16.5. The van der Waals surface area contributed by atoms with Crippen LogP contribution in [0, 0.1) is 0 Å². The number of benzene rings is 2. The van der Waals surface area contributed by atoms with Gasteiger partial charge in [-0.15, -0.1) is 0 Å². The third-order valence-electron chi connectivity index (χ3n) is 2.54. The Balaban J connectivity index is 0.000000921. The molecule has 0 saturated carbocycles. The monoisotopic (exact) mass is 287 g/mol. The fourth-order valence-electron chi connectivity index (χ4n) is 1.62. The Morgan fingerprint density at radius 3 is 2.00 bits per heavy atom. The maximum absolute atomic E-state index is 12.1. The Bertz CT molecular complexity index is 536. The van der Waals surface area contributed by atoms with Gasteiger partial charge in [0, 0.05) is 22.9 Å². The van der Waals surface area contributed by atoms with E-state index in [1.54, 1.807) is 37.4 Å². The number of nitrogens with two attached hydrogens (primary N) is 1. The molecule has 2 rings (SSSR count). The van der Waals surface area contributed by atoms with Crippen molar-refractivity contribution in [3.05, 3.63) is 59.7 Å². The predicted octanol–water partition coefficient (Wildman–Crippen LogP) is 4.56. The van der Waals surface area contributed by atoms with Gasteiger partial charge in [0.1, 0.15) is 5.75 Å². The maximum atomic E-state index is 12.1. The topological polar surface area (TPSA) is 52.3 Å². The van der Waals surface area contributed by atoms with Crippen molar-refractivity contribution in [3.8, 4) is 5.75 Å². The molecular weight excluding hydrogens is 262 g/mol. The van der Waals surface area contributed by atoms with Crippen molar-refractivity contribution < 1.29 is 9.53 Å². The summed E-state index contributed by atoms with van der Waals surface area (Å²) in [6, 6.07) is 14.1. The lowest BCUT2D eigenvalue weighted by Gasteiger charge is -2.07. The second-order valence-electron chi connectivity index (χ2n) is 3.65. The zero-order valence-electron chi connectivity index (χ0n) is 13.5. The summed E-state index contributed by atoms with van der Waals surface area (Å²) in [5.74, 6) is 0.567. The lowest BCUT2D eigenvalue weighted by atomic mass is 10.0. The smallest absolute Gasteiger partial charge is 0.195 e. The Kier molecular flexibility index (Phi) is 9.35. The average molecular weight is 287 g/mol. The van der Waals surface area contributed by atoms with Crippen molar-refractivity contribution in [2.45, 2.75) is 27.7 Å². The Labute approximate surface area is 127 Å². The molecular formula is C18H25NO2. The highest BCUT2D eigenvalue weighted by molar-refractivity contribution is 6.12. The van der Waals surface area contributed by atoms with Crippen LogP contribution in [0.1, 0.15) is 43.6 Å². The lowest BCUT2D eigenvalue weighted by Crippen LogP contribution is -2.05. The van der Waals surface area contributed by atoms with Crippen molar-refractivity contribution in [1.82, 2.24) is 0 Å². The molecule has 0 radical (unpaired) electrons. The first-order valence-corrected chi connectivity index (χ1v) is 7.25. The third-order valence-corrected chi connectivity index (χ3v) is 2.54. The molecule has 0 aliphatic heterocycles. The molecule has 0 atom stereocenters. The van der Waals surface area contributed by atoms with Gasteiger partial charge in [-0.3, -0.25) is 4.79 Å². The van der Waals surface area contributed by atoms with Crippen LogP contribution in [-0.4, -0.2) is 12.9 Å². The first-order valence-electron chi connectivity index (χ1n) is 7.25. The number of rotatable bonds is 3. The molecule has 21 heavy (non-hydrogen) atoms. The normalized spacial score (nSPS) is 8.62. The minimum absolute atomic E-state index is 0.0780. The van der Waals surface area contributed by atoms with Gasteiger partial charge in [0.2, 0.25) is 0 Å². The fourth-order valence-corrected chi connectivity index (χ4v) is 1.62. The average Bonchev–Trinajstić information content (AvgIpc) is 2.58. The first kappa shape index (κ1) is 18.7. The molecule has 0 aliphatic rings. The maximum Gasteiger partial charge on any atom is 0.195 e. The standard InChI is InChI=1S/C14H13NO2.2C2H6/c1-17-11-7-8-12(13(15)9-11)14(16)10-5-3-2-4-6-10;2*1-2/h2-9H,15H2,1H3;2*1-2H3. The Morgan fingerprint density at radius 1 is 0.952 bits per heavy atom. The van der Waals surface area contributed by atoms with Crippen molar-refractivity contribution in [1.29, 1.82) is 0 Å². The van der Waals surface area contributed by atoms with Crippen LogP contribution < -0.4 is 10.5 Å². The van der Waals surface area contributed by atoms with Crippen LogP contribution in [0.2, 0.25) is 0 Å². The third kappa shape index (κ3) is 5.30. The van der Waals surface area contributed by atoms with Gasteiger partial charge in [0.25, 0.3) is 0 Å². The van der Waals surface area contributed by atoms with Gasteiger partial charge in [-0.05, 0) is 12.1 Å². The summed E-state index contributed by atoms with van der Waals surface area (Å²) in [4.78, 5) is 12.1. The zero-order chi connectivity index (χ0) is 16.3. The molecule has 0 aromatic heterocycles. The molecule has 2 aromatic rings. The summed E-state index contributed by atoms with van der Waals surface area (Å²) >= 11 is 0. The van der Waals surface area contributed by atoms with E-state index in [2.05, 4.69) is 0 Å². The molecule has 2 N–H and O–H groups in total. The van der Waals surface area contributed by atoms with Crippen LogP contribution in [0.5, 0.6) is 5.75 Å². The molecule has 0 bridgehead atoms. The second kappa shape index (κ2) is 10.5. The van der Waals surface area contributed by atoms with E-state index in [9.17, 15) is 4.79 Å². The lowest BCUT2D eigenvalue weighted by molar-refractivity contribution is 0.103. The van der Waals surface area contributed by atoms with Crippen molar-refractivity contribution in [2.24, 2.45) is 0 Å².